The topological polar surface area (TPSA) is 225 Å². The summed E-state index contributed by atoms with van der Waals surface area (Å²) in [7, 11) is -9.85. The number of H-pyrrole nitrogens is 1. The smallest absolute Gasteiger partial charge is 0.387 e. The Hall–Kier alpha value is -0.800. The molecule has 6 atom stereocenters. The van der Waals surface area contributed by atoms with E-state index in [1.54, 1.807) is 0 Å². The number of rotatable bonds is 8. The van der Waals surface area contributed by atoms with Crippen molar-refractivity contribution >= 4 is 27.9 Å². The van der Waals surface area contributed by atoms with Crippen LogP contribution in [0.2, 0.25) is 0 Å². The van der Waals surface area contributed by atoms with Crippen LogP contribution in [0.1, 0.15) is 13.2 Å². The number of nitrogens with one attached hydrogen (secondary N) is 1. The molecule has 0 saturated carbocycles. The minimum absolute atomic E-state index is 0. The van der Waals surface area contributed by atoms with E-state index in [-0.39, 0.29) is 17.5 Å². The van der Waals surface area contributed by atoms with Gasteiger partial charge in [-0.25, -0.2) is 9.13 Å². The van der Waals surface area contributed by atoms with Crippen molar-refractivity contribution in [3.8, 4) is 0 Å². The molecular formula is C11H21N3O11P2S. The Morgan fingerprint density at radius 2 is 1.86 bits per heavy atom. The molecule has 8 N–H and O–H groups in total. The molecule has 1 aromatic rings. The van der Waals surface area contributed by atoms with Gasteiger partial charge in [-0.15, -0.1) is 0 Å². The monoisotopic (exact) mass is 465 g/mol. The third kappa shape index (κ3) is 6.35. The normalized spacial score (nSPS) is 28.9. The number of aromatic amines is 1. The molecule has 28 heavy (non-hydrogen) atoms. The first-order valence-electron chi connectivity index (χ1n) is 7.45. The van der Waals surface area contributed by atoms with Crippen LogP contribution >= 0.6 is 27.9 Å². The molecule has 0 bridgehead atoms. The lowest BCUT2D eigenvalue weighted by Gasteiger charge is -2.19. The predicted molar refractivity (Wildman–Crippen MR) is 95.1 cm³/mol. The van der Waals surface area contributed by atoms with Gasteiger partial charge in [0.05, 0.1) is 13.2 Å². The number of hydrogen-bond acceptors (Lipinski definition) is 11. The van der Waals surface area contributed by atoms with Crippen molar-refractivity contribution in [3.05, 3.63) is 27.4 Å². The number of ether oxygens (including phenoxy) is 1. The van der Waals surface area contributed by atoms with Crippen LogP contribution in [0.25, 0.3) is 0 Å². The quantitative estimate of drug-likeness (QED) is 0.219. The van der Waals surface area contributed by atoms with Crippen molar-refractivity contribution in [1.82, 2.24) is 15.7 Å². The van der Waals surface area contributed by atoms with Gasteiger partial charge in [-0.3, -0.25) is 23.4 Å². The van der Waals surface area contributed by atoms with Gasteiger partial charge in [-0.1, -0.05) is 0 Å². The van der Waals surface area contributed by atoms with E-state index in [0.717, 1.165) is 10.6 Å². The number of aliphatic hydroxyl groups is 2. The minimum Gasteiger partial charge on any atom is -0.387 e. The van der Waals surface area contributed by atoms with Crippen LogP contribution in [0.4, 0.5) is 0 Å². The lowest BCUT2D eigenvalue weighted by Crippen LogP contribution is -2.34. The molecule has 0 radical (unpaired) electrons. The molecular weight excluding hydrogens is 444 g/mol. The molecule has 17 heteroatoms. The molecule has 1 aliphatic heterocycles. The lowest BCUT2D eigenvalue weighted by atomic mass is 10.1. The van der Waals surface area contributed by atoms with Crippen LogP contribution in [-0.4, -0.2) is 61.1 Å². The summed E-state index contributed by atoms with van der Waals surface area (Å²) in [6.45, 7) is 0.332. The molecule has 0 aliphatic carbocycles. The summed E-state index contributed by atoms with van der Waals surface area (Å²) >= 11 is 4.94. The zero-order valence-corrected chi connectivity index (χ0v) is 17.1. The molecule has 1 saturated heterocycles. The minimum atomic E-state index is -5.04. The first-order valence-corrected chi connectivity index (χ1v) is 10.8. The Morgan fingerprint density at radius 3 is 2.43 bits per heavy atom. The fourth-order valence-electron chi connectivity index (χ4n) is 2.23. The van der Waals surface area contributed by atoms with Crippen LogP contribution in [-0.2, 0) is 27.2 Å². The molecule has 1 aromatic heterocycles. The van der Waals surface area contributed by atoms with Gasteiger partial charge in [0.1, 0.15) is 18.3 Å². The van der Waals surface area contributed by atoms with Crippen LogP contribution in [0, 0.1) is 4.77 Å². The Kier molecular flexibility index (Phi) is 8.83. The van der Waals surface area contributed by atoms with Crippen molar-refractivity contribution in [2.24, 2.45) is 0 Å². The summed E-state index contributed by atoms with van der Waals surface area (Å²) in [5.41, 5.74) is -0.481. The van der Waals surface area contributed by atoms with E-state index in [2.05, 4.69) is 18.3 Å². The van der Waals surface area contributed by atoms with E-state index in [1.165, 1.54) is 13.1 Å². The first kappa shape index (κ1) is 25.2. The Balaban J connectivity index is 0.00000392. The van der Waals surface area contributed by atoms with Crippen LogP contribution in [0.3, 0.4) is 0 Å². The highest BCUT2D eigenvalue weighted by Crippen LogP contribution is 2.60. The molecule has 2 unspecified atom stereocenters. The third-order valence-corrected chi connectivity index (χ3v) is 6.39. The van der Waals surface area contributed by atoms with Crippen molar-refractivity contribution in [2.45, 2.75) is 31.5 Å². The van der Waals surface area contributed by atoms with E-state index < -0.39 is 52.4 Å². The van der Waals surface area contributed by atoms with Gasteiger partial charge in [0.2, 0.25) is 0 Å². The second-order valence-corrected chi connectivity index (χ2v) is 8.73. The molecule has 2 heterocycles. The maximum Gasteiger partial charge on any atom is 0.481 e. The third-order valence-electron chi connectivity index (χ3n) is 3.36. The second-order valence-electron chi connectivity index (χ2n) is 5.30. The summed E-state index contributed by atoms with van der Waals surface area (Å²) in [5, 5.41) is 20.1. The van der Waals surface area contributed by atoms with Gasteiger partial charge in [0, 0.05) is 12.3 Å². The number of phosphoric acid groups is 2. The van der Waals surface area contributed by atoms with E-state index >= 15 is 0 Å². The lowest BCUT2D eigenvalue weighted by molar-refractivity contribution is -0.0534. The van der Waals surface area contributed by atoms with Gasteiger partial charge >= 0.3 is 15.6 Å². The molecule has 1 fully saturated rings. The largest absolute Gasteiger partial charge is 0.481 e. The van der Waals surface area contributed by atoms with Gasteiger partial charge < -0.3 is 30.9 Å². The summed E-state index contributed by atoms with van der Waals surface area (Å²) < 4.78 is 42.4. The molecule has 162 valence electrons. The van der Waals surface area contributed by atoms with E-state index in [0.29, 0.717) is 0 Å². The zero-order valence-electron chi connectivity index (χ0n) is 14.5. The average Bonchev–Trinajstić information content (AvgIpc) is 2.80. The second kappa shape index (κ2) is 9.80. The van der Waals surface area contributed by atoms with Gasteiger partial charge in [-0.2, -0.15) is 4.31 Å². The highest BCUT2D eigenvalue weighted by Gasteiger charge is 2.45. The number of phosphoric ester groups is 2. The molecule has 0 amide bonds. The fraction of sp³-hybridized carbons (Fsp3) is 0.636. The summed E-state index contributed by atoms with van der Waals surface area (Å²) in [6, 6.07) is 1.12. The Bertz CT molecular complexity index is 876. The number of aromatic nitrogens is 2. The number of hydrogen-bond donors (Lipinski definition) is 6. The molecule has 0 spiro atoms. The van der Waals surface area contributed by atoms with Gasteiger partial charge in [-0.05, 0) is 19.1 Å². The van der Waals surface area contributed by atoms with Crippen LogP contribution in [0.15, 0.2) is 17.1 Å². The average molecular weight is 465 g/mol. The summed E-state index contributed by atoms with van der Waals surface area (Å²) in [6.07, 6.45) is -4.37. The van der Waals surface area contributed by atoms with E-state index in [9.17, 15) is 33.9 Å². The van der Waals surface area contributed by atoms with Crippen molar-refractivity contribution < 1.29 is 47.2 Å². The summed E-state index contributed by atoms with van der Waals surface area (Å²) in [5.74, 6) is 0. The standard InChI is InChI=1S/C11H18N2O11P2S.H3N/c1-2-21-25(17,18)24-26(19,20)22-5-6-8(15)9(16)10(23-6)13-4-3-7(14)12-11(13)27;/h3-4,6,8-10,15-16H,2,5H2,1H3,(H,17,18)(H,19,20)(H,12,14,27);1H3/t6-,8-,9-,10-;/m1./s1. The Morgan fingerprint density at radius 1 is 1.25 bits per heavy atom. The molecule has 14 nitrogen and oxygen atoms in total. The van der Waals surface area contributed by atoms with Gasteiger partial charge in [0.15, 0.2) is 11.0 Å². The highest BCUT2D eigenvalue weighted by molar-refractivity contribution is 7.71. The Labute approximate surface area is 163 Å². The maximum atomic E-state index is 11.7. The van der Waals surface area contributed by atoms with Crippen LogP contribution in [0.5, 0.6) is 0 Å². The fourth-order valence-corrected chi connectivity index (χ4v) is 4.58. The van der Waals surface area contributed by atoms with Crippen molar-refractivity contribution in [1.29, 1.82) is 0 Å². The number of aliphatic hydroxyl groups excluding tert-OH is 2. The van der Waals surface area contributed by atoms with Gasteiger partial charge in [0.25, 0.3) is 5.56 Å². The van der Waals surface area contributed by atoms with Crippen molar-refractivity contribution in [3.63, 3.8) is 0 Å². The zero-order chi connectivity index (χ0) is 20.4. The van der Waals surface area contributed by atoms with Crippen molar-refractivity contribution in [2.75, 3.05) is 13.2 Å². The molecule has 0 aromatic carbocycles. The predicted octanol–water partition coefficient (Wildman–Crippen LogP) is -0.0424. The first-order chi connectivity index (χ1) is 12.5. The SMILES string of the molecule is CCOP(=O)(O)OP(=O)(O)OC[C@H]1O[C@@H](n2ccc(=O)[nH]c2=S)[C@H](O)[C@@H]1O.N. The highest BCUT2D eigenvalue weighted by atomic mass is 32.1. The molecule has 1 aliphatic rings. The molecule has 2 rings (SSSR count). The van der Waals surface area contributed by atoms with Crippen LogP contribution < -0.4 is 11.7 Å². The number of nitrogens with zero attached hydrogens (tertiary/aromatic N) is 1. The summed E-state index contributed by atoms with van der Waals surface area (Å²) in [4.78, 5) is 32.2. The van der Waals surface area contributed by atoms with E-state index in [4.69, 9.17) is 17.0 Å². The van der Waals surface area contributed by atoms with E-state index in [1.807, 2.05) is 0 Å². The maximum absolute atomic E-state index is 11.7.